The summed E-state index contributed by atoms with van der Waals surface area (Å²) >= 11 is 0. The maximum absolute atomic E-state index is 12.1. The number of benzene rings is 2. The molecule has 0 saturated heterocycles. The van der Waals surface area contributed by atoms with E-state index in [1.807, 2.05) is 25.1 Å². The van der Waals surface area contributed by atoms with Gasteiger partial charge >= 0.3 is 5.97 Å². The van der Waals surface area contributed by atoms with Crippen LogP contribution in [0.3, 0.4) is 0 Å². The van der Waals surface area contributed by atoms with Gasteiger partial charge in [-0.2, -0.15) is 0 Å². The highest BCUT2D eigenvalue weighted by Crippen LogP contribution is 2.17. The molecule has 7 nitrogen and oxygen atoms in total. The average molecular weight is 405 g/mol. The Kier molecular flexibility index (Phi) is 7.17. The van der Waals surface area contributed by atoms with Crippen LogP contribution in [0.5, 0.6) is 5.75 Å². The van der Waals surface area contributed by atoms with E-state index in [-0.39, 0.29) is 25.4 Å². The van der Waals surface area contributed by atoms with Crippen molar-refractivity contribution < 1.29 is 27.5 Å². The zero-order chi connectivity index (χ0) is 20.7. The molecule has 28 heavy (non-hydrogen) atoms. The molecule has 0 aliphatic carbocycles. The molecule has 0 radical (unpaired) electrons. The van der Waals surface area contributed by atoms with Crippen LogP contribution in [0.25, 0.3) is 0 Å². The lowest BCUT2D eigenvalue weighted by molar-refractivity contribution is -0.143. The van der Waals surface area contributed by atoms with Gasteiger partial charge in [-0.1, -0.05) is 12.1 Å². The molecule has 2 aromatic carbocycles. The van der Waals surface area contributed by atoms with Gasteiger partial charge in [0.15, 0.2) is 12.4 Å². The SMILES string of the molecule is Cc1cccc(OCCC(=O)OCC(=O)c2ccc(N(C)S(C)(=O)=O)cc2)c1. The van der Waals surface area contributed by atoms with Crippen LogP contribution in [0.4, 0.5) is 5.69 Å². The maximum atomic E-state index is 12.1. The van der Waals surface area contributed by atoms with Crippen molar-refractivity contribution in [3.8, 4) is 5.75 Å². The molecule has 0 atom stereocenters. The van der Waals surface area contributed by atoms with E-state index < -0.39 is 16.0 Å². The van der Waals surface area contributed by atoms with Gasteiger partial charge in [-0.05, 0) is 48.9 Å². The minimum Gasteiger partial charge on any atom is -0.493 e. The van der Waals surface area contributed by atoms with Crippen molar-refractivity contribution in [2.45, 2.75) is 13.3 Å². The van der Waals surface area contributed by atoms with Crippen molar-refractivity contribution >= 4 is 27.5 Å². The molecular weight excluding hydrogens is 382 g/mol. The second-order valence-corrected chi connectivity index (χ2v) is 8.29. The number of nitrogens with zero attached hydrogens (tertiary/aromatic N) is 1. The quantitative estimate of drug-likeness (QED) is 0.471. The van der Waals surface area contributed by atoms with Gasteiger partial charge in [0.1, 0.15) is 5.75 Å². The largest absolute Gasteiger partial charge is 0.493 e. The number of ketones is 1. The van der Waals surface area contributed by atoms with E-state index in [1.54, 1.807) is 6.07 Å². The fourth-order valence-corrected chi connectivity index (χ4v) is 2.81. The molecule has 0 N–H and O–H groups in total. The standard InChI is InChI=1S/C20H23NO6S/c1-15-5-4-6-18(13-15)26-12-11-20(23)27-14-19(22)16-7-9-17(10-8-16)21(2)28(3,24)25/h4-10,13H,11-12,14H2,1-3H3. The van der Waals surface area contributed by atoms with Gasteiger partial charge in [-0.25, -0.2) is 8.42 Å². The fourth-order valence-electron chi connectivity index (χ4n) is 2.31. The third kappa shape index (κ3) is 6.38. The minimum absolute atomic E-state index is 0.0271. The van der Waals surface area contributed by atoms with Crippen molar-refractivity contribution in [3.05, 3.63) is 59.7 Å². The molecule has 150 valence electrons. The van der Waals surface area contributed by atoms with Gasteiger partial charge in [0.2, 0.25) is 10.0 Å². The van der Waals surface area contributed by atoms with Crippen LogP contribution in [0.1, 0.15) is 22.3 Å². The van der Waals surface area contributed by atoms with Gasteiger partial charge in [-0.15, -0.1) is 0 Å². The van der Waals surface area contributed by atoms with Crippen molar-refractivity contribution in [3.63, 3.8) is 0 Å². The van der Waals surface area contributed by atoms with Gasteiger partial charge in [0.05, 0.1) is 25.0 Å². The first kappa shape index (κ1) is 21.4. The molecule has 0 aromatic heterocycles. The summed E-state index contributed by atoms with van der Waals surface area (Å²) < 4.78 is 34.6. The maximum Gasteiger partial charge on any atom is 0.309 e. The highest BCUT2D eigenvalue weighted by atomic mass is 32.2. The molecule has 2 rings (SSSR count). The summed E-state index contributed by atoms with van der Waals surface area (Å²) in [6.45, 7) is 1.71. The lowest BCUT2D eigenvalue weighted by Gasteiger charge is -2.16. The van der Waals surface area contributed by atoms with Gasteiger partial charge < -0.3 is 9.47 Å². The number of hydrogen-bond donors (Lipinski definition) is 0. The highest BCUT2D eigenvalue weighted by Gasteiger charge is 2.14. The van der Waals surface area contributed by atoms with Crippen LogP contribution in [-0.2, 0) is 19.6 Å². The number of hydrogen-bond acceptors (Lipinski definition) is 6. The van der Waals surface area contributed by atoms with Crippen molar-refractivity contribution in [1.29, 1.82) is 0 Å². The number of rotatable bonds is 9. The topological polar surface area (TPSA) is 90.0 Å². The van der Waals surface area contributed by atoms with Gasteiger partial charge in [0, 0.05) is 12.6 Å². The molecule has 0 saturated carbocycles. The average Bonchev–Trinajstić information content (AvgIpc) is 2.65. The molecule has 0 heterocycles. The molecule has 2 aromatic rings. The zero-order valence-corrected chi connectivity index (χ0v) is 16.9. The number of carbonyl (C=O) groups is 2. The van der Waals surface area contributed by atoms with E-state index in [0.717, 1.165) is 16.1 Å². The van der Waals surface area contributed by atoms with Crippen molar-refractivity contribution in [2.75, 3.05) is 30.8 Å². The monoisotopic (exact) mass is 405 g/mol. The Bertz CT molecular complexity index is 937. The summed E-state index contributed by atoms with van der Waals surface area (Å²) in [5, 5.41) is 0. The summed E-state index contributed by atoms with van der Waals surface area (Å²) in [4.78, 5) is 23.9. The Balaban J connectivity index is 1.79. The first-order chi connectivity index (χ1) is 13.2. The summed E-state index contributed by atoms with van der Waals surface area (Å²) in [6.07, 6.45) is 1.12. The first-order valence-corrected chi connectivity index (χ1v) is 10.4. The lowest BCUT2D eigenvalue weighted by atomic mass is 10.1. The molecule has 0 fully saturated rings. The number of esters is 1. The first-order valence-electron chi connectivity index (χ1n) is 8.59. The van der Waals surface area contributed by atoms with Crippen LogP contribution in [0.15, 0.2) is 48.5 Å². The number of carbonyl (C=O) groups excluding carboxylic acids is 2. The van der Waals surface area contributed by atoms with Crippen LogP contribution >= 0.6 is 0 Å². The van der Waals surface area contributed by atoms with E-state index in [4.69, 9.17) is 9.47 Å². The zero-order valence-electron chi connectivity index (χ0n) is 16.0. The second-order valence-electron chi connectivity index (χ2n) is 6.28. The Hall–Kier alpha value is -2.87. The summed E-state index contributed by atoms with van der Waals surface area (Å²) in [5.74, 6) is -0.237. The van der Waals surface area contributed by atoms with Crippen LogP contribution in [0, 0.1) is 6.92 Å². The Morgan fingerprint density at radius 3 is 2.36 bits per heavy atom. The molecule has 0 bridgehead atoms. The predicted octanol–water partition coefficient (Wildman–Crippen LogP) is 2.59. The van der Waals surface area contributed by atoms with Gasteiger partial charge in [-0.3, -0.25) is 13.9 Å². The highest BCUT2D eigenvalue weighted by molar-refractivity contribution is 7.92. The Morgan fingerprint density at radius 2 is 1.75 bits per heavy atom. The third-order valence-corrected chi connectivity index (χ3v) is 5.18. The molecule has 8 heteroatoms. The molecule has 0 amide bonds. The molecule has 0 unspecified atom stereocenters. The smallest absolute Gasteiger partial charge is 0.309 e. The summed E-state index contributed by atoms with van der Waals surface area (Å²) in [6, 6.07) is 13.5. The number of anilines is 1. The molecule has 0 spiro atoms. The van der Waals surface area contributed by atoms with Crippen molar-refractivity contribution in [2.24, 2.45) is 0 Å². The van der Waals surface area contributed by atoms with Crippen molar-refractivity contribution in [1.82, 2.24) is 0 Å². The number of ether oxygens (including phenoxy) is 2. The fraction of sp³-hybridized carbons (Fsp3) is 0.300. The molecule has 0 aliphatic rings. The number of sulfonamides is 1. The van der Waals surface area contributed by atoms with E-state index in [1.165, 1.54) is 31.3 Å². The van der Waals surface area contributed by atoms with E-state index >= 15 is 0 Å². The van der Waals surface area contributed by atoms with E-state index in [2.05, 4.69) is 0 Å². The Labute approximate surface area is 164 Å². The van der Waals surface area contributed by atoms with Crippen LogP contribution < -0.4 is 9.04 Å². The molecule has 0 aliphatic heterocycles. The summed E-state index contributed by atoms with van der Waals surface area (Å²) in [7, 11) is -1.95. The van der Waals surface area contributed by atoms with Crippen LogP contribution in [-0.4, -0.2) is 46.7 Å². The second kappa shape index (κ2) is 9.36. The third-order valence-electron chi connectivity index (χ3n) is 3.98. The van der Waals surface area contributed by atoms with Gasteiger partial charge in [0.25, 0.3) is 0 Å². The number of Topliss-reactive ketones (excluding diaryl/α,β-unsaturated/α-hetero) is 1. The predicted molar refractivity (Wildman–Crippen MR) is 106 cm³/mol. The van der Waals surface area contributed by atoms with E-state index in [9.17, 15) is 18.0 Å². The summed E-state index contributed by atoms with van der Waals surface area (Å²) in [5.41, 5.74) is 1.82. The number of aryl methyl sites for hydroxylation is 1. The van der Waals surface area contributed by atoms with E-state index in [0.29, 0.717) is 17.0 Å². The minimum atomic E-state index is -3.37. The normalized spacial score (nSPS) is 11.0. The van der Waals surface area contributed by atoms with Crippen LogP contribution in [0.2, 0.25) is 0 Å². The Morgan fingerprint density at radius 1 is 1.07 bits per heavy atom. The lowest BCUT2D eigenvalue weighted by Crippen LogP contribution is -2.24. The molecular formula is C20H23NO6S.